The lowest BCUT2D eigenvalue weighted by molar-refractivity contribution is 0.588. The zero-order chi connectivity index (χ0) is 27.9. The molecule has 0 bridgehead atoms. The Labute approximate surface area is 246 Å². The maximum Gasteiger partial charge on any atom is 0.142 e. The van der Waals surface area contributed by atoms with Crippen LogP contribution in [-0.4, -0.2) is 8.80 Å². The van der Waals surface area contributed by atoms with E-state index in [0.29, 0.717) is 0 Å². The smallest absolute Gasteiger partial charge is 0.142 e. The minimum atomic E-state index is -1.60. The molecular formula is C40H28OSi. The van der Waals surface area contributed by atoms with Gasteiger partial charge in [0, 0.05) is 16.3 Å². The fourth-order valence-electron chi connectivity index (χ4n) is 6.58. The molecule has 0 saturated carbocycles. The number of rotatable bonds is 5. The van der Waals surface area contributed by atoms with Gasteiger partial charge in [-0.05, 0) is 32.7 Å². The van der Waals surface area contributed by atoms with Gasteiger partial charge in [-0.3, -0.25) is 0 Å². The van der Waals surface area contributed by atoms with Gasteiger partial charge in [-0.2, -0.15) is 0 Å². The number of fused-ring (bicyclic) bond motifs is 3. The minimum Gasteiger partial charge on any atom is -0.463 e. The number of benzene rings is 7. The predicted octanol–water partition coefficient (Wildman–Crippen LogP) is 8.32. The fourth-order valence-corrected chi connectivity index (χ4v) is 9.53. The predicted molar refractivity (Wildman–Crippen MR) is 181 cm³/mol. The lowest BCUT2D eigenvalue weighted by Crippen LogP contribution is -2.51. The molecule has 42 heavy (non-hydrogen) atoms. The maximum atomic E-state index is 6.29. The molecule has 8 aromatic rings. The number of hydrogen-bond donors (Lipinski definition) is 0. The van der Waals surface area contributed by atoms with Gasteiger partial charge in [0.2, 0.25) is 0 Å². The summed E-state index contributed by atoms with van der Waals surface area (Å²) in [5.41, 5.74) is 3.66. The highest BCUT2D eigenvalue weighted by Crippen LogP contribution is 2.45. The molecule has 0 radical (unpaired) electrons. The summed E-state index contributed by atoms with van der Waals surface area (Å²) in [7, 11) is -1.60. The summed E-state index contributed by atoms with van der Waals surface area (Å²) < 4.78 is 6.29. The van der Waals surface area contributed by atoms with Crippen molar-refractivity contribution in [2.24, 2.45) is 0 Å². The highest BCUT2D eigenvalue weighted by molar-refractivity contribution is 6.95. The molecule has 8 rings (SSSR count). The second kappa shape index (κ2) is 10.3. The van der Waals surface area contributed by atoms with Crippen LogP contribution in [0.25, 0.3) is 54.8 Å². The normalized spacial score (nSPS) is 11.5. The molecule has 0 fully saturated rings. The van der Waals surface area contributed by atoms with Crippen LogP contribution in [0.5, 0.6) is 0 Å². The van der Waals surface area contributed by atoms with Crippen LogP contribution in [0.1, 0.15) is 0 Å². The van der Waals surface area contributed by atoms with Gasteiger partial charge in [0.25, 0.3) is 0 Å². The van der Waals surface area contributed by atoms with Crippen molar-refractivity contribution in [2.45, 2.75) is 0 Å². The van der Waals surface area contributed by atoms with Crippen molar-refractivity contribution in [3.05, 3.63) is 164 Å². The second-order valence-corrected chi connectivity index (χ2v) is 13.7. The van der Waals surface area contributed by atoms with Gasteiger partial charge in [-0.1, -0.05) is 173 Å². The van der Waals surface area contributed by atoms with Crippen molar-refractivity contribution < 1.29 is 4.42 Å². The van der Waals surface area contributed by atoms with Crippen LogP contribution in [0.2, 0.25) is 0 Å². The summed E-state index contributed by atoms with van der Waals surface area (Å²) in [6, 6.07) is 57.4. The Morgan fingerprint density at radius 3 is 1.33 bits per heavy atom. The van der Waals surface area contributed by atoms with Crippen LogP contribution < -0.4 is 15.6 Å². The topological polar surface area (TPSA) is 13.1 Å². The van der Waals surface area contributed by atoms with E-state index < -0.39 is 8.80 Å². The molecule has 198 valence electrons. The third-order valence-corrected chi connectivity index (χ3v) is 11.6. The first-order valence-corrected chi connectivity index (χ1v) is 16.2. The Morgan fingerprint density at radius 1 is 0.357 bits per heavy atom. The van der Waals surface area contributed by atoms with Crippen LogP contribution in [-0.2, 0) is 0 Å². The molecule has 1 aromatic heterocycles. The SMILES string of the molecule is c1ccc([SiH](c2ccccc2)c2ccc(-c3c4ccccc4c(-c4occ5ccccc45)c4ccccc34)cc2)cc1. The molecular weight excluding hydrogens is 525 g/mol. The van der Waals surface area contributed by atoms with Crippen molar-refractivity contribution in [1.29, 1.82) is 0 Å². The number of hydrogen-bond acceptors (Lipinski definition) is 1. The molecule has 1 heterocycles. The average molecular weight is 553 g/mol. The molecule has 1 nitrogen and oxygen atoms in total. The Hall–Kier alpha value is -5.18. The van der Waals surface area contributed by atoms with Crippen molar-refractivity contribution >= 4 is 56.7 Å². The Bertz CT molecular complexity index is 2080. The zero-order valence-corrected chi connectivity index (χ0v) is 24.2. The quantitative estimate of drug-likeness (QED) is 0.119. The summed E-state index contributed by atoms with van der Waals surface area (Å²) in [4.78, 5) is 0. The first kappa shape index (κ1) is 24.6. The van der Waals surface area contributed by atoms with Gasteiger partial charge in [0.1, 0.15) is 14.6 Å². The van der Waals surface area contributed by atoms with Crippen molar-refractivity contribution in [3.8, 4) is 22.5 Å². The van der Waals surface area contributed by atoms with Crippen LogP contribution in [0, 0.1) is 0 Å². The molecule has 0 saturated heterocycles. The van der Waals surface area contributed by atoms with E-state index in [2.05, 4.69) is 158 Å². The Balaban J connectivity index is 1.34. The van der Waals surface area contributed by atoms with Crippen molar-refractivity contribution in [3.63, 3.8) is 0 Å². The van der Waals surface area contributed by atoms with E-state index in [4.69, 9.17) is 4.42 Å². The lowest BCUT2D eigenvalue weighted by atomic mass is 9.87. The molecule has 7 aromatic carbocycles. The van der Waals surface area contributed by atoms with Gasteiger partial charge in [0.15, 0.2) is 0 Å². The van der Waals surface area contributed by atoms with Gasteiger partial charge >= 0.3 is 0 Å². The first-order chi connectivity index (χ1) is 20.9. The van der Waals surface area contributed by atoms with E-state index in [-0.39, 0.29) is 0 Å². The monoisotopic (exact) mass is 552 g/mol. The Morgan fingerprint density at radius 2 is 0.786 bits per heavy atom. The molecule has 0 amide bonds. The molecule has 0 aliphatic rings. The van der Waals surface area contributed by atoms with E-state index in [1.54, 1.807) is 0 Å². The number of furan rings is 1. The molecule has 0 aliphatic carbocycles. The summed E-state index contributed by atoms with van der Waals surface area (Å²) in [5.74, 6) is 0.930. The molecule has 0 unspecified atom stereocenters. The molecule has 0 atom stereocenters. The van der Waals surface area contributed by atoms with Gasteiger partial charge in [-0.15, -0.1) is 0 Å². The minimum absolute atomic E-state index is 0.930. The first-order valence-electron chi connectivity index (χ1n) is 14.5. The van der Waals surface area contributed by atoms with Gasteiger partial charge < -0.3 is 4.42 Å². The highest BCUT2D eigenvalue weighted by atomic mass is 28.3. The van der Waals surface area contributed by atoms with E-state index in [9.17, 15) is 0 Å². The summed E-state index contributed by atoms with van der Waals surface area (Å²) in [5, 5.41) is 11.4. The van der Waals surface area contributed by atoms with Gasteiger partial charge in [0.05, 0.1) is 6.26 Å². The molecule has 2 heteroatoms. The van der Waals surface area contributed by atoms with Crippen LogP contribution >= 0.6 is 0 Å². The van der Waals surface area contributed by atoms with Crippen LogP contribution in [0.15, 0.2) is 168 Å². The molecule has 0 N–H and O–H groups in total. The van der Waals surface area contributed by atoms with E-state index in [0.717, 1.165) is 22.1 Å². The van der Waals surface area contributed by atoms with E-state index in [1.165, 1.54) is 48.2 Å². The largest absolute Gasteiger partial charge is 0.463 e. The van der Waals surface area contributed by atoms with E-state index >= 15 is 0 Å². The van der Waals surface area contributed by atoms with Crippen molar-refractivity contribution in [2.75, 3.05) is 0 Å². The van der Waals surface area contributed by atoms with Crippen LogP contribution in [0.4, 0.5) is 0 Å². The standard InChI is InChI=1S/C40H28OSi/c1-3-14-30(15-4-1)42(31-16-5-2-6-17-31)32-25-23-28(24-26-32)38-34-19-9-11-21-36(34)39(37-22-12-10-20-35(37)38)40-33-18-8-7-13-29(33)27-41-40/h1-27,42H. The summed E-state index contributed by atoms with van der Waals surface area (Å²) >= 11 is 0. The van der Waals surface area contributed by atoms with Gasteiger partial charge in [-0.25, -0.2) is 0 Å². The highest BCUT2D eigenvalue weighted by Gasteiger charge is 2.21. The zero-order valence-electron chi connectivity index (χ0n) is 23.1. The summed E-state index contributed by atoms with van der Waals surface area (Å²) in [6.45, 7) is 0. The van der Waals surface area contributed by atoms with E-state index in [1.807, 2.05) is 6.26 Å². The summed E-state index contributed by atoms with van der Waals surface area (Å²) in [6.07, 6.45) is 1.88. The second-order valence-electron chi connectivity index (χ2n) is 10.9. The van der Waals surface area contributed by atoms with Crippen LogP contribution in [0.3, 0.4) is 0 Å². The molecule has 0 spiro atoms. The average Bonchev–Trinajstić information content (AvgIpc) is 3.49. The third kappa shape index (κ3) is 4.08. The molecule has 0 aliphatic heterocycles. The van der Waals surface area contributed by atoms with Crippen molar-refractivity contribution in [1.82, 2.24) is 0 Å². The lowest BCUT2D eigenvalue weighted by Gasteiger charge is -2.19. The maximum absolute atomic E-state index is 6.29. The Kier molecular flexibility index (Phi) is 6.05. The fraction of sp³-hybridized carbons (Fsp3) is 0. The third-order valence-electron chi connectivity index (χ3n) is 8.47.